The molecule has 0 saturated heterocycles. The monoisotopic (exact) mass is 564 g/mol. The van der Waals surface area contributed by atoms with Crippen molar-refractivity contribution in [2.45, 2.75) is 33.7 Å². The maximum Gasteiger partial charge on any atom is 0.242 e. The molecule has 2 aromatic carbocycles. The Kier molecular flexibility index (Phi) is 7.45. The second-order valence-corrected chi connectivity index (χ2v) is 10.8. The summed E-state index contributed by atoms with van der Waals surface area (Å²) in [6.07, 6.45) is 3.86. The Hall–Kier alpha value is -5.32. The van der Waals surface area contributed by atoms with Crippen LogP contribution < -0.4 is 10.6 Å². The fourth-order valence-electron chi connectivity index (χ4n) is 5.05. The Balaban J connectivity index is 1.55. The number of likely N-dealkylation sites (N-methyl/N-ethyl adjacent to an activating group) is 1. The lowest BCUT2D eigenvalue weighted by Crippen LogP contribution is -2.35. The summed E-state index contributed by atoms with van der Waals surface area (Å²) in [5.74, 6) is 6.92. The molecule has 2 N–H and O–H groups in total. The van der Waals surface area contributed by atoms with Gasteiger partial charge >= 0.3 is 0 Å². The van der Waals surface area contributed by atoms with Crippen LogP contribution in [0.2, 0.25) is 0 Å². The van der Waals surface area contributed by atoms with E-state index >= 15 is 0 Å². The second kappa shape index (κ2) is 11.5. The minimum Gasteiger partial charge on any atom is -0.309 e. The minimum absolute atomic E-state index is 0.178. The maximum atomic E-state index is 12.7. The fraction of sp³-hybridized carbons (Fsp3) is 0.167. The van der Waals surface area contributed by atoms with Gasteiger partial charge in [-0.15, -0.1) is 0 Å². The van der Waals surface area contributed by atoms with Crippen LogP contribution in [-0.4, -0.2) is 38.3 Å². The number of carbonyl (C=O) groups excluding carboxylic acids is 1. The summed E-state index contributed by atoms with van der Waals surface area (Å²) in [6.45, 7) is 7.92. The summed E-state index contributed by atoms with van der Waals surface area (Å²) in [5, 5.41) is 8.22. The number of anilines is 1. The molecule has 0 fully saturated rings. The zero-order valence-corrected chi connectivity index (χ0v) is 24.9. The molecule has 0 aliphatic rings. The molecule has 7 heteroatoms. The van der Waals surface area contributed by atoms with Crippen LogP contribution in [-0.2, 0) is 4.79 Å². The number of hydrogen-bond acceptors (Lipinski definition) is 5. The summed E-state index contributed by atoms with van der Waals surface area (Å²) in [6, 6.07) is 24.0. The number of fused-ring (bicyclic) bond motifs is 2. The summed E-state index contributed by atoms with van der Waals surface area (Å²) < 4.78 is 2.06. The lowest BCUT2D eigenvalue weighted by Gasteiger charge is -2.13. The molecule has 43 heavy (non-hydrogen) atoms. The summed E-state index contributed by atoms with van der Waals surface area (Å²) >= 11 is 0. The Labute approximate surface area is 251 Å². The highest BCUT2D eigenvalue weighted by Gasteiger charge is 2.20. The van der Waals surface area contributed by atoms with E-state index in [9.17, 15) is 4.79 Å². The molecule has 0 saturated carbocycles. The standard InChI is InChI=1S/C36H32N6O/c1-22-17-18-42-33(19-22)41-34(28-12-9-24(3)38-21-28)35(42)30-14-16-32(40-36(43)25(4)37-5)39-31(30)15-11-26-10-13-29-23(2)7-6-8-27(29)20-26/h6-10,12-14,16-21,25,37H,1-5H3,(H,39,40,43)/t25-/m0/s1. The lowest BCUT2D eigenvalue weighted by atomic mass is 10.0. The van der Waals surface area contributed by atoms with Crippen molar-refractivity contribution in [1.82, 2.24) is 24.7 Å². The number of benzene rings is 2. The van der Waals surface area contributed by atoms with Crippen molar-refractivity contribution in [3.63, 3.8) is 0 Å². The molecule has 1 atom stereocenters. The van der Waals surface area contributed by atoms with Crippen molar-refractivity contribution in [2.24, 2.45) is 0 Å². The van der Waals surface area contributed by atoms with Gasteiger partial charge in [-0.1, -0.05) is 30.2 Å². The largest absolute Gasteiger partial charge is 0.309 e. The number of carbonyl (C=O) groups is 1. The number of nitrogens with zero attached hydrogens (tertiary/aromatic N) is 4. The van der Waals surface area contributed by atoms with Gasteiger partial charge in [0, 0.05) is 34.8 Å². The molecule has 212 valence electrons. The van der Waals surface area contributed by atoms with Gasteiger partial charge in [-0.3, -0.25) is 14.2 Å². The number of amides is 1. The van der Waals surface area contributed by atoms with Crippen LogP contribution in [0.15, 0.2) is 85.2 Å². The number of pyridine rings is 3. The van der Waals surface area contributed by atoms with Gasteiger partial charge in [0.1, 0.15) is 17.2 Å². The van der Waals surface area contributed by atoms with Crippen molar-refractivity contribution in [3.8, 4) is 34.4 Å². The topological polar surface area (TPSA) is 84.2 Å². The number of imidazole rings is 1. The van der Waals surface area contributed by atoms with Crippen molar-refractivity contribution in [1.29, 1.82) is 0 Å². The maximum absolute atomic E-state index is 12.7. The predicted molar refractivity (Wildman–Crippen MR) is 173 cm³/mol. The summed E-state index contributed by atoms with van der Waals surface area (Å²) in [5.41, 5.74) is 8.82. The molecular formula is C36H32N6O. The molecule has 0 spiro atoms. The third kappa shape index (κ3) is 5.61. The molecule has 4 heterocycles. The molecule has 6 rings (SSSR count). The van der Waals surface area contributed by atoms with E-state index in [0.29, 0.717) is 11.5 Å². The molecule has 4 aromatic heterocycles. The Morgan fingerprint density at radius 1 is 0.930 bits per heavy atom. The minimum atomic E-state index is -0.375. The summed E-state index contributed by atoms with van der Waals surface area (Å²) in [4.78, 5) is 27.1. The van der Waals surface area contributed by atoms with E-state index in [1.165, 1.54) is 10.9 Å². The first kappa shape index (κ1) is 27.8. The average molecular weight is 565 g/mol. The summed E-state index contributed by atoms with van der Waals surface area (Å²) in [7, 11) is 1.75. The molecule has 6 aromatic rings. The van der Waals surface area contributed by atoms with Gasteiger partial charge in [0.2, 0.25) is 5.91 Å². The first-order valence-corrected chi connectivity index (χ1v) is 14.2. The second-order valence-electron chi connectivity index (χ2n) is 10.8. The highest BCUT2D eigenvalue weighted by Crippen LogP contribution is 2.35. The lowest BCUT2D eigenvalue weighted by molar-refractivity contribution is -0.117. The van der Waals surface area contributed by atoms with Gasteiger partial charge < -0.3 is 10.6 Å². The van der Waals surface area contributed by atoms with E-state index in [-0.39, 0.29) is 11.9 Å². The number of rotatable bonds is 5. The number of aromatic nitrogens is 4. The predicted octanol–water partition coefficient (Wildman–Crippen LogP) is 6.48. The third-order valence-electron chi connectivity index (χ3n) is 7.62. The highest BCUT2D eigenvalue weighted by molar-refractivity contribution is 5.94. The van der Waals surface area contributed by atoms with Crippen LogP contribution in [0.3, 0.4) is 0 Å². The van der Waals surface area contributed by atoms with Gasteiger partial charge in [-0.25, -0.2) is 9.97 Å². The van der Waals surface area contributed by atoms with Gasteiger partial charge in [-0.2, -0.15) is 0 Å². The van der Waals surface area contributed by atoms with Gasteiger partial charge in [-0.05, 0) is 111 Å². The van der Waals surface area contributed by atoms with Crippen molar-refractivity contribution in [2.75, 3.05) is 12.4 Å². The zero-order chi connectivity index (χ0) is 30.1. The number of aryl methyl sites for hydroxylation is 3. The fourth-order valence-corrected chi connectivity index (χ4v) is 5.05. The van der Waals surface area contributed by atoms with Gasteiger partial charge in [0.15, 0.2) is 0 Å². The third-order valence-corrected chi connectivity index (χ3v) is 7.62. The smallest absolute Gasteiger partial charge is 0.242 e. The Morgan fingerprint density at radius 2 is 1.79 bits per heavy atom. The van der Waals surface area contributed by atoms with Crippen molar-refractivity contribution >= 4 is 28.1 Å². The first-order chi connectivity index (χ1) is 20.8. The van der Waals surface area contributed by atoms with Crippen LogP contribution in [0, 0.1) is 32.6 Å². The molecule has 0 aliphatic heterocycles. The first-order valence-electron chi connectivity index (χ1n) is 14.2. The average Bonchev–Trinajstić information content (AvgIpc) is 3.38. The van der Waals surface area contributed by atoms with Crippen LogP contribution >= 0.6 is 0 Å². The molecule has 0 unspecified atom stereocenters. The van der Waals surface area contributed by atoms with Crippen LogP contribution in [0.1, 0.15) is 35.0 Å². The van der Waals surface area contributed by atoms with Gasteiger partial charge in [0.25, 0.3) is 0 Å². The van der Waals surface area contributed by atoms with E-state index in [1.54, 1.807) is 14.0 Å². The zero-order valence-electron chi connectivity index (χ0n) is 24.9. The number of nitrogens with one attached hydrogen (secondary N) is 2. The molecule has 0 radical (unpaired) electrons. The van der Waals surface area contributed by atoms with Crippen molar-refractivity contribution < 1.29 is 4.79 Å². The van der Waals surface area contributed by atoms with E-state index in [2.05, 4.69) is 88.2 Å². The van der Waals surface area contributed by atoms with Crippen molar-refractivity contribution in [3.05, 3.63) is 113 Å². The van der Waals surface area contributed by atoms with E-state index < -0.39 is 0 Å². The quantitative estimate of drug-likeness (QED) is 0.234. The Morgan fingerprint density at radius 3 is 2.58 bits per heavy atom. The molecule has 1 amide bonds. The number of hydrogen-bond donors (Lipinski definition) is 2. The van der Waals surface area contributed by atoms with E-state index in [1.807, 2.05) is 49.6 Å². The van der Waals surface area contributed by atoms with Crippen LogP contribution in [0.5, 0.6) is 0 Å². The normalized spacial score (nSPS) is 11.7. The van der Waals surface area contributed by atoms with E-state index in [4.69, 9.17) is 9.97 Å². The molecule has 0 aliphatic carbocycles. The molecule has 7 nitrogen and oxygen atoms in total. The molecular weight excluding hydrogens is 532 g/mol. The van der Waals surface area contributed by atoms with Gasteiger partial charge in [0.05, 0.1) is 17.4 Å². The van der Waals surface area contributed by atoms with E-state index in [0.717, 1.165) is 50.4 Å². The van der Waals surface area contributed by atoms with Crippen LogP contribution in [0.4, 0.5) is 5.82 Å². The van der Waals surface area contributed by atoms with Crippen LogP contribution in [0.25, 0.3) is 38.9 Å². The Bertz CT molecular complexity index is 2060. The highest BCUT2D eigenvalue weighted by atomic mass is 16.2. The SMILES string of the molecule is CN[C@@H](C)C(=O)Nc1ccc(-c2c(-c3ccc(C)nc3)nc3cc(C)ccn23)c(C#Cc2ccc3c(C)cccc3c2)n1. The molecule has 0 bridgehead atoms.